The number of alkyl halides is 2. The molecule has 3 aliphatic rings. The van der Waals surface area contributed by atoms with Crippen molar-refractivity contribution in [1.82, 2.24) is 20.2 Å². The number of nitrogens with zero attached hydrogens (tertiary/aromatic N) is 3. The molecule has 2 aromatic heterocycles. The summed E-state index contributed by atoms with van der Waals surface area (Å²) in [4.78, 5) is 33.9. The number of aryl methyl sites for hydroxylation is 1. The first kappa shape index (κ1) is 29.5. The van der Waals surface area contributed by atoms with E-state index < -0.39 is 17.2 Å². The predicted molar refractivity (Wildman–Crippen MR) is 151 cm³/mol. The number of rotatable bonds is 7. The molecule has 1 unspecified atom stereocenters. The molecule has 12 heteroatoms. The quantitative estimate of drug-likeness (QED) is 0.443. The standard InChI is InChI=1S/C21H26F2N4O2S2.C6H11NO/c1-12-17(30-20(25-12)19(28)26-13-4-8-31(29)9-5-13)15-11-24-16(10-14(15)18(22)23)27-21(2)6-3-7-21;1-6-3-2-4-7(6)5-8/h10-11,13,18H,3-9H2,1-2H3,(H,24,27)(H,26,28);5-6H,2-4H2,1H3. The SMILES string of the molecule is CC1CCCN1C=O.Cc1nc(C(=O)NC2CCS(=O)CC2)sc1-c1cnc(NC2(C)CCC2)cc1C(F)F. The van der Waals surface area contributed by atoms with Gasteiger partial charge < -0.3 is 15.5 Å². The van der Waals surface area contributed by atoms with Crippen LogP contribution in [-0.4, -0.2) is 67.1 Å². The van der Waals surface area contributed by atoms with E-state index in [2.05, 4.69) is 34.4 Å². The summed E-state index contributed by atoms with van der Waals surface area (Å²) in [6.45, 7) is 6.82. The van der Waals surface area contributed by atoms with Crippen LogP contribution in [0.5, 0.6) is 0 Å². The Morgan fingerprint density at radius 3 is 2.51 bits per heavy atom. The second-order valence-electron chi connectivity index (χ2n) is 10.9. The number of carbonyl (C=O) groups excluding carboxylic acids is 2. The first-order chi connectivity index (χ1) is 18.6. The molecule has 39 heavy (non-hydrogen) atoms. The Bertz CT molecular complexity index is 1190. The fourth-order valence-electron chi connectivity index (χ4n) is 5.09. The zero-order valence-corrected chi connectivity index (χ0v) is 24.3. The van der Waals surface area contributed by atoms with Gasteiger partial charge in [-0.2, -0.15) is 0 Å². The number of pyridine rings is 1. The van der Waals surface area contributed by atoms with E-state index >= 15 is 0 Å². The van der Waals surface area contributed by atoms with E-state index in [-0.39, 0.29) is 28.1 Å². The average molecular weight is 582 g/mol. The van der Waals surface area contributed by atoms with Crippen molar-refractivity contribution in [1.29, 1.82) is 0 Å². The zero-order valence-electron chi connectivity index (χ0n) is 22.7. The number of anilines is 1. The van der Waals surface area contributed by atoms with Gasteiger partial charge in [-0.05, 0) is 71.8 Å². The fraction of sp³-hybridized carbons (Fsp3) is 0.630. The van der Waals surface area contributed by atoms with E-state index in [4.69, 9.17) is 0 Å². The van der Waals surface area contributed by atoms with Crippen molar-refractivity contribution in [2.45, 2.75) is 89.8 Å². The highest BCUT2D eigenvalue weighted by atomic mass is 32.2. The Morgan fingerprint density at radius 2 is 1.97 bits per heavy atom. The lowest BCUT2D eigenvalue weighted by Crippen LogP contribution is -2.41. The third-order valence-corrected chi connectivity index (χ3v) is 10.3. The average Bonchev–Trinajstić information content (AvgIpc) is 3.49. The van der Waals surface area contributed by atoms with Gasteiger partial charge in [-0.3, -0.25) is 13.8 Å². The maximum Gasteiger partial charge on any atom is 0.280 e. The Balaban J connectivity index is 0.000000379. The van der Waals surface area contributed by atoms with Gasteiger partial charge >= 0.3 is 0 Å². The topological polar surface area (TPSA) is 104 Å². The van der Waals surface area contributed by atoms with Crippen LogP contribution in [0.4, 0.5) is 14.6 Å². The zero-order chi connectivity index (χ0) is 28.2. The summed E-state index contributed by atoms with van der Waals surface area (Å²) in [5.74, 6) is 1.28. The van der Waals surface area contributed by atoms with Crippen LogP contribution >= 0.6 is 11.3 Å². The third-order valence-electron chi connectivity index (χ3n) is 7.76. The molecule has 0 spiro atoms. The van der Waals surface area contributed by atoms with Crippen molar-refractivity contribution in [3.05, 3.63) is 28.5 Å². The van der Waals surface area contributed by atoms with Gasteiger partial charge in [0.1, 0.15) is 5.82 Å². The Labute approximate surface area is 234 Å². The largest absolute Gasteiger partial charge is 0.365 e. The molecule has 1 aliphatic carbocycles. The highest BCUT2D eigenvalue weighted by molar-refractivity contribution is 7.85. The summed E-state index contributed by atoms with van der Waals surface area (Å²) in [5.41, 5.74) is 0.622. The smallest absolute Gasteiger partial charge is 0.280 e. The number of thiazole rings is 1. The highest BCUT2D eigenvalue weighted by Crippen LogP contribution is 2.39. The van der Waals surface area contributed by atoms with E-state index in [0.717, 1.165) is 43.6 Å². The molecule has 1 atom stereocenters. The number of nitrogens with one attached hydrogen (secondary N) is 2. The molecule has 2 aliphatic heterocycles. The first-order valence-corrected chi connectivity index (χ1v) is 15.8. The lowest BCUT2D eigenvalue weighted by molar-refractivity contribution is -0.118. The van der Waals surface area contributed by atoms with E-state index in [0.29, 0.717) is 52.3 Å². The molecule has 0 radical (unpaired) electrons. The summed E-state index contributed by atoms with van der Waals surface area (Å²) in [7, 11) is -0.805. The molecule has 3 fully saturated rings. The van der Waals surface area contributed by atoms with Crippen LogP contribution < -0.4 is 10.6 Å². The number of carbonyl (C=O) groups is 2. The third kappa shape index (κ3) is 7.39. The molecule has 0 aromatic carbocycles. The van der Waals surface area contributed by atoms with Gasteiger partial charge in [-0.1, -0.05) is 0 Å². The van der Waals surface area contributed by atoms with Crippen molar-refractivity contribution < 1.29 is 22.6 Å². The summed E-state index contributed by atoms with van der Waals surface area (Å²) >= 11 is 1.10. The minimum Gasteiger partial charge on any atom is -0.365 e. The molecule has 2 N–H and O–H groups in total. The molecular weight excluding hydrogens is 544 g/mol. The van der Waals surface area contributed by atoms with Gasteiger partial charge in [0.15, 0.2) is 5.01 Å². The number of hydrogen-bond donors (Lipinski definition) is 2. The van der Waals surface area contributed by atoms with Crippen molar-refractivity contribution in [2.75, 3.05) is 23.4 Å². The fourth-order valence-corrected chi connectivity index (χ4v) is 7.39. The predicted octanol–water partition coefficient (Wildman–Crippen LogP) is 5.07. The number of aromatic nitrogens is 2. The normalized spacial score (nSPS) is 23.9. The number of amides is 2. The van der Waals surface area contributed by atoms with Gasteiger partial charge in [-0.25, -0.2) is 18.7 Å². The summed E-state index contributed by atoms with van der Waals surface area (Å²) in [6.07, 6.45) is 6.51. The van der Waals surface area contributed by atoms with Crippen LogP contribution in [0.2, 0.25) is 0 Å². The maximum absolute atomic E-state index is 13.9. The molecule has 4 heterocycles. The number of likely N-dealkylation sites (tertiary alicyclic amines) is 1. The Hall–Kier alpha value is -2.47. The molecule has 2 amide bonds. The van der Waals surface area contributed by atoms with E-state index in [1.165, 1.54) is 25.1 Å². The van der Waals surface area contributed by atoms with Crippen LogP contribution in [0.3, 0.4) is 0 Å². The summed E-state index contributed by atoms with van der Waals surface area (Å²) < 4.78 is 39.3. The Kier molecular flexibility index (Phi) is 9.69. The number of halogens is 2. The van der Waals surface area contributed by atoms with Gasteiger partial charge in [0.2, 0.25) is 6.41 Å². The van der Waals surface area contributed by atoms with Gasteiger partial charge in [0, 0.05) is 63.8 Å². The second-order valence-corrected chi connectivity index (χ2v) is 13.6. The van der Waals surface area contributed by atoms with Crippen LogP contribution in [-0.2, 0) is 15.6 Å². The molecule has 0 bridgehead atoms. The second kappa shape index (κ2) is 12.8. The van der Waals surface area contributed by atoms with Crippen molar-refractivity contribution >= 4 is 40.3 Å². The molecule has 8 nitrogen and oxygen atoms in total. The summed E-state index contributed by atoms with van der Waals surface area (Å²) in [5, 5.41) is 6.45. The van der Waals surface area contributed by atoms with Gasteiger partial charge in [0.05, 0.1) is 10.6 Å². The van der Waals surface area contributed by atoms with E-state index in [9.17, 15) is 22.6 Å². The minimum absolute atomic E-state index is 0.0330. The lowest BCUT2D eigenvalue weighted by atomic mass is 9.78. The molecule has 1 saturated carbocycles. The first-order valence-electron chi connectivity index (χ1n) is 13.5. The monoisotopic (exact) mass is 581 g/mol. The van der Waals surface area contributed by atoms with Crippen LogP contribution in [0.15, 0.2) is 12.3 Å². The molecule has 2 aromatic rings. The molecule has 5 rings (SSSR count). The molecule has 2 saturated heterocycles. The van der Waals surface area contributed by atoms with Gasteiger partial charge in [0.25, 0.3) is 12.3 Å². The van der Waals surface area contributed by atoms with Crippen LogP contribution in [0.1, 0.15) is 86.3 Å². The van der Waals surface area contributed by atoms with Crippen LogP contribution in [0, 0.1) is 6.92 Å². The van der Waals surface area contributed by atoms with Crippen molar-refractivity contribution in [2.24, 2.45) is 0 Å². The Morgan fingerprint density at radius 1 is 1.26 bits per heavy atom. The molecule has 214 valence electrons. The van der Waals surface area contributed by atoms with Crippen LogP contribution in [0.25, 0.3) is 10.4 Å². The maximum atomic E-state index is 13.9. The minimum atomic E-state index is -2.67. The summed E-state index contributed by atoms with van der Waals surface area (Å²) in [6, 6.07) is 1.87. The van der Waals surface area contributed by atoms with E-state index in [1.807, 2.05) is 4.90 Å². The molecular formula is C27H37F2N5O3S2. The van der Waals surface area contributed by atoms with Gasteiger partial charge in [-0.15, -0.1) is 11.3 Å². The van der Waals surface area contributed by atoms with E-state index in [1.54, 1.807) is 6.92 Å². The number of hydrogen-bond acceptors (Lipinski definition) is 7. The highest BCUT2D eigenvalue weighted by Gasteiger charge is 2.32. The lowest BCUT2D eigenvalue weighted by Gasteiger charge is -2.39. The van der Waals surface area contributed by atoms with Crippen molar-refractivity contribution in [3.63, 3.8) is 0 Å². The van der Waals surface area contributed by atoms with Crippen molar-refractivity contribution in [3.8, 4) is 10.4 Å².